The van der Waals surface area contributed by atoms with E-state index in [4.69, 9.17) is 9.52 Å². The van der Waals surface area contributed by atoms with Crippen molar-refractivity contribution < 1.29 is 14.3 Å². The van der Waals surface area contributed by atoms with Crippen LogP contribution in [0, 0.1) is 0 Å². The molecular weight excluding hydrogens is 258 g/mol. The lowest BCUT2D eigenvalue weighted by Crippen LogP contribution is -2.43. The molecule has 0 aliphatic carbocycles. The summed E-state index contributed by atoms with van der Waals surface area (Å²) in [7, 11) is 3.88. The fraction of sp³-hybridized carbons (Fsp3) is 0.643. The molecule has 6 heteroatoms. The van der Waals surface area contributed by atoms with Crippen LogP contribution in [-0.2, 0) is 0 Å². The summed E-state index contributed by atoms with van der Waals surface area (Å²) < 4.78 is 5.38. The van der Waals surface area contributed by atoms with Crippen molar-refractivity contribution in [3.63, 3.8) is 0 Å². The van der Waals surface area contributed by atoms with Gasteiger partial charge in [-0.15, -0.1) is 0 Å². The van der Waals surface area contributed by atoms with E-state index in [2.05, 4.69) is 10.6 Å². The molecule has 2 unspecified atom stereocenters. The van der Waals surface area contributed by atoms with Crippen molar-refractivity contribution in [3.05, 3.63) is 24.2 Å². The number of furan rings is 1. The largest absolute Gasteiger partial charge is 0.468 e. The van der Waals surface area contributed by atoms with E-state index in [-0.39, 0.29) is 24.7 Å². The molecule has 0 bridgehead atoms. The van der Waals surface area contributed by atoms with Crippen LogP contribution in [0.2, 0.25) is 0 Å². The zero-order chi connectivity index (χ0) is 15.0. The fourth-order valence-electron chi connectivity index (χ4n) is 1.95. The third kappa shape index (κ3) is 5.63. The summed E-state index contributed by atoms with van der Waals surface area (Å²) in [6.45, 7) is 2.54. The smallest absolute Gasteiger partial charge is 0.315 e. The van der Waals surface area contributed by atoms with Gasteiger partial charge in [0.15, 0.2) is 0 Å². The summed E-state index contributed by atoms with van der Waals surface area (Å²) in [5.41, 5.74) is 0. The van der Waals surface area contributed by atoms with Crippen LogP contribution in [0.15, 0.2) is 22.8 Å². The number of carbonyl (C=O) groups is 1. The standard InChI is InChI=1S/C14H25N3O3/c1-11(6-4-8-18)16-14(19)15-10-12(17(2)3)13-7-5-9-20-13/h5,7,9,11-12,18H,4,6,8,10H2,1-3H3,(H2,15,16,19). The molecule has 114 valence electrons. The van der Waals surface area contributed by atoms with Gasteiger partial charge in [0.25, 0.3) is 0 Å². The monoisotopic (exact) mass is 283 g/mol. The first kappa shape index (κ1) is 16.5. The van der Waals surface area contributed by atoms with Gasteiger partial charge in [-0.25, -0.2) is 4.79 Å². The molecular formula is C14H25N3O3. The molecule has 3 N–H and O–H groups in total. The lowest BCUT2D eigenvalue weighted by molar-refractivity contribution is 0.221. The second kappa shape index (κ2) is 8.60. The van der Waals surface area contributed by atoms with E-state index in [1.807, 2.05) is 38.1 Å². The van der Waals surface area contributed by atoms with E-state index in [9.17, 15) is 4.79 Å². The number of rotatable bonds is 8. The Morgan fingerprint density at radius 2 is 2.25 bits per heavy atom. The molecule has 0 saturated carbocycles. The molecule has 0 spiro atoms. The van der Waals surface area contributed by atoms with E-state index in [0.29, 0.717) is 13.0 Å². The minimum atomic E-state index is -0.200. The summed E-state index contributed by atoms with van der Waals surface area (Å²) in [5.74, 6) is 0.823. The Labute approximate surface area is 120 Å². The molecule has 1 aromatic rings. The molecule has 20 heavy (non-hydrogen) atoms. The first-order chi connectivity index (χ1) is 9.54. The number of aliphatic hydroxyl groups excluding tert-OH is 1. The molecule has 2 amide bonds. The number of nitrogens with one attached hydrogen (secondary N) is 2. The molecule has 0 aromatic carbocycles. The molecule has 0 aliphatic heterocycles. The zero-order valence-corrected chi connectivity index (χ0v) is 12.4. The Balaban J connectivity index is 2.38. The molecule has 0 aliphatic rings. The summed E-state index contributed by atoms with van der Waals surface area (Å²) in [6, 6.07) is 3.58. The van der Waals surface area contributed by atoms with Crippen LogP contribution >= 0.6 is 0 Å². The van der Waals surface area contributed by atoms with Crippen LogP contribution in [-0.4, -0.2) is 49.3 Å². The van der Waals surface area contributed by atoms with Crippen LogP contribution in [0.3, 0.4) is 0 Å². The van der Waals surface area contributed by atoms with Crippen LogP contribution in [0.1, 0.15) is 31.6 Å². The van der Waals surface area contributed by atoms with E-state index in [0.717, 1.165) is 12.2 Å². The van der Waals surface area contributed by atoms with Crippen LogP contribution in [0.5, 0.6) is 0 Å². The maximum Gasteiger partial charge on any atom is 0.315 e. The molecule has 0 saturated heterocycles. The van der Waals surface area contributed by atoms with Gasteiger partial charge in [0.05, 0.1) is 12.3 Å². The minimum Gasteiger partial charge on any atom is -0.468 e. The Hall–Kier alpha value is -1.53. The summed E-state index contributed by atoms with van der Waals surface area (Å²) in [5, 5.41) is 14.4. The number of hydrogen-bond acceptors (Lipinski definition) is 4. The molecule has 6 nitrogen and oxygen atoms in total. The van der Waals surface area contributed by atoms with Gasteiger partial charge in [-0.3, -0.25) is 4.90 Å². The van der Waals surface area contributed by atoms with Gasteiger partial charge >= 0.3 is 6.03 Å². The number of urea groups is 1. The number of nitrogens with zero attached hydrogens (tertiary/aromatic N) is 1. The second-order valence-electron chi connectivity index (χ2n) is 5.12. The number of aliphatic hydroxyl groups is 1. The lowest BCUT2D eigenvalue weighted by atomic mass is 10.2. The van der Waals surface area contributed by atoms with Crippen molar-refractivity contribution in [1.29, 1.82) is 0 Å². The van der Waals surface area contributed by atoms with E-state index in [1.54, 1.807) is 6.26 Å². The van der Waals surface area contributed by atoms with Crippen molar-refractivity contribution in [1.82, 2.24) is 15.5 Å². The SMILES string of the molecule is CC(CCCO)NC(=O)NCC(c1ccco1)N(C)C. The van der Waals surface area contributed by atoms with Crippen molar-refractivity contribution in [3.8, 4) is 0 Å². The zero-order valence-electron chi connectivity index (χ0n) is 12.4. The van der Waals surface area contributed by atoms with E-state index >= 15 is 0 Å². The lowest BCUT2D eigenvalue weighted by Gasteiger charge is -2.23. The predicted molar refractivity (Wildman–Crippen MR) is 77.5 cm³/mol. The van der Waals surface area contributed by atoms with Crippen molar-refractivity contribution in [2.75, 3.05) is 27.2 Å². The molecule has 2 atom stereocenters. The number of hydrogen-bond donors (Lipinski definition) is 3. The highest BCUT2D eigenvalue weighted by molar-refractivity contribution is 5.74. The quantitative estimate of drug-likeness (QED) is 0.673. The summed E-state index contributed by atoms with van der Waals surface area (Å²) in [6.07, 6.45) is 3.08. The van der Waals surface area contributed by atoms with Gasteiger partial charge in [0.1, 0.15) is 5.76 Å². The minimum absolute atomic E-state index is 0.00324. The average molecular weight is 283 g/mol. The molecule has 0 fully saturated rings. The average Bonchev–Trinajstić information content (AvgIpc) is 2.90. The van der Waals surface area contributed by atoms with Gasteiger partial charge in [-0.2, -0.15) is 0 Å². The number of amides is 2. The second-order valence-corrected chi connectivity index (χ2v) is 5.12. The van der Waals surface area contributed by atoms with Gasteiger partial charge in [0.2, 0.25) is 0 Å². The van der Waals surface area contributed by atoms with E-state index in [1.165, 1.54) is 0 Å². The number of likely N-dealkylation sites (N-methyl/N-ethyl adjacent to an activating group) is 1. The number of carbonyl (C=O) groups excluding carboxylic acids is 1. The predicted octanol–water partition coefficient (Wildman–Crippen LogP) is 1.34. The topological polar surface area (TPSA) is 77.7 Å². The van der Waals surface area contributed by atoms with Gasteiger partial charge in [-0.05, 0) is 46.0 Å². The molecule has 1 rings (SSSR count). The van der Waals surface area contributed by atoms with Gasteiger partial charge in [0, 0.05) is 19.2 Å². The van der Waals surface area contributed by atoms with Crippen LogP contribution in [0.4, 0.5) is 4.79 Å². The first-order valence-electron chi connectivity index (χ1n) is 6.89. The van der Waals surface area contributed by atoms with Gasteiger partial charge < -0.3 is 20.2 Å². The van der Waals surface area contributed by atoms with Crippen LogP contribution < -0.4 is 10.6 Å². The highest BCUT2D eigenvalue weighted by atomic mass is 16.3. The van der Waals surface area contributed by atoms with Gasteiger partial charge in [-0.1, -0.05) is 0 Å². The van der Waals surface area contributed by atoms with Crippen molar-refractivity contribution >= 4 is 6.03 Å². The Morgan fingerprint density at radius 1 is 1.50 bits per heavy atom. The highest BCUT2D eigenvalue weighted by Gasteiger charge is 2.18. The van der Waals surface area contributed by atoms with Crippen molar-refractivity contribution in [2.45, 2.75) is 31.8 Å². The van der Waals surface area contributed by atoms with E-state index < -0.39 is 0 Å². The third-order valence-electron chi connectivity index (χ3n) is 3.12. The molecule has 1 aromatic heterocycles. The normalized spacial score (nSPS) is 14.1. The Morgan fingerprint density at radius 3 is 2.80 bits per heavy atom. The first-order valence-corrected chi connectivity index (χ1v) is 6.89. The third-order valence-corrected chi connectivity index (χ3v) is 3.12. The Kier molecular flexibility index (Phi) is 7.11. The van der Waals surface area contributed by atoms with Crippen LogP contribution in [0.25, 0.3) is 0 Å². The fourth-order valence-corrected chi connectivity index (χ4v) is 1.95. The van der Waals surface area contributed by atoms with Crippen molar-refractivity contribution in [2.24, 2.45) is 0 Å². The summed E-state index contributed by atoms with van der Waals surface area (Å²) in [4.78, 5) is 13.8. The maximum atomic E-state index is 11.8. The molecule has 1 heterocycles. The Bertz CT molecular complexity index is 379. The molecule has 0 radical (unpaired) electrons. The summed E-state index contributed by atoms with van der Waals surface area (Å²) >= 11 is 0. The highest BCUT2D eigenvalue weighted by Crippen LogP contribution is 2.17. The maximum absolute atomic E-state index is 11.8.